The monoisotopic (exact) mass is 249 g/mol. The summed E-state index contributed by atoms with van der Waals surface area (Å²) in [4.78, 5) is 12.7. The van der Waals surface area contributed by atoms with Crippen molar-refractivity contribution in [1.29, 1.82) is 0 Å². The fourth-order valence-electron chi connectivity index (χ4n) is 2.39. The molecule has 1 fully saturated rings. The van der Waals surface area contributed by atoms with E-state index in [0.29, 0.717) is 11.6 Å². The Kier molecular flexibility index (Phi) is 3.65. The normalized spacial score (nSPS) is 19.7. The van der Waals surface area contributed by atoms with Crippen molar-refractivity contribution >= 4 is 17.7 Å². The molecule has 2 rings (SSSR count). The second-order valence-electron chi connectivity index (χ2n) is 4.53. The molecule has 1 saturated heterocycles. The van der Waals surface area contributed by atoms with Gasteiger partial charge in [0.25, 0.3) is 0 Å². The summed E-state index contributed by atoms with van der Waals surface area (Å²) < 4.78 is 13.8. The molecule has 1 aliphatic rings. The van der Waals surface area contributed by atoms with Crippen LogP contribution in [0.5, 0.6) is 0 Å². The number of carbonyl (C=O) groups is 1. The highest BCUT2D eigenvalue weighted by atomic mass is 19.1. The minimum absolute atomic E-state index is 0.355. The molecule has 4 heteroatoms. The van der Waals surface area contributed by atoms with E-state index in [2.05, 4.69) is 11.8 Å². The second kappa shape index (κ2) is 5.21. The van der Waals surface area contributed by atoms with Gasteiger partial charge >= 0.3 is 5.97 Å². The minimum atomic E-state index is -1.07. The smallest absolute Gasteiger partial charge is 0.328 e. The van der Waals surface area contributed by atoms with Crippen LogP contribution in [0.1, 0.15) is 25.3 Å². The van der Waals surface area contributed by atoms with Gasteiger partial charge in [0.2, 0.25) is 0 Å². The van der Waals surface area contributed by atoms with Crippen LogP contribution in [0.25, 0.3) is 6.08 Å². The minimum Gasteiger partial charge on any atom is -0.478 e. The number of carboxylic acid groups (broad SMARTS) is 1. The zero-order valence-corrected chi connectivity index (χ0v) is 10.3. The molecule has 1 heterocycles. The maximum Gasteiger partial charge on any atom is 0.328 e. The van der Waals surface area contributed by atoms with Gasteiger partial charge in [-0.05, 0) is 38.0 Å². The molecule has 0 aliphatic carbocycles. The van der Waals surface area contributed by atoms with E-state index < -0.39 is 5.97 Å². The van der Waals surface area contributed by atoms with Crippen molar-refractivity contribution in [2.45, 2.75) is 25.8 Å². The number of halogens is 1. The number of anilines is 1. The summed E-state index contributed by atoms with van der Waals surface area (Å²) in [5.41, 5.74) is 1.13. The maximum atomic E-state index is 13.8. The molecule has 18 heavy (non-hydrogen) atoms. The highest BCUT2D eigenvalue weighted by Gasteiger charge is 2.23. The number of carboxylic acids is 1. The van der Waals surface area contributed by atoms with Crippen molar-refractivity contribution in [2.75, 3.05) is 11.4 Å². The molecular formula is C14H16FNO2. The molecule has 1 unspecified atom stereocenters. The second-order valence-corrected chi connectivity index (χ2v) is 4.53. The SMILES string of the molecule is CC1CCCN1c1cccc(F)c1/C=C/C(=O)O. The Morgan fingerprint density at radius 2 is 2.33 bits per heavy atom. The third kappa shape index (κ3) is 2.53. The van der Waals surface area contributed by atoms with Crippen molar-refractivity contribution in [2.24, 2.45) is 0 Å². The maximum absolute atomic E-state index is 13.8. The summed E-state index contributed by atoms with van der Waals surface area (Å²) in [5, 5.41) is 8.65. The van der Waals surface area contributed by atoms with Crippen LogP contribution in [0.3, 0.4) is 0 Å². The Morgan fingerprint density at radius 3 is 2.94 bits per heavy atom. The van der Waals surface area contributed by atoms with Crippen LogP contribution in [0.2, 0.25) is 0 Å². The lowest BCUT2D eigenvalue weighted by molar-refractivity contribution is -0.131. The van der Waals surface area contributed by atoms with E-state index in [1.54, 1.807) is 6.07 Å². The van der Waals surface area contributed by atoms with Gasteiger partial charge in [-0.3, -0.25) is 0 Å². The number of rotatable bonds is 3. The first kappa shape index (κ1) is 12.6. The van der Waals surface area contributed by atoms with E-state index in [-0.39, 0.29) is 5.82 Å². The Bertz CT molecular complexity index is 485. The van der Waals surface area contributed by atoms with E-state index in [4.69, 9.17) is 5.11 Å². The zero-order chi connectivity index (χ0) is 13.1. The van der Waals surface area contributed by atoms with Crippen LogP contribution in [-0.2, 0) is 4.79 Å². The standard InChI is InChI=1S/C14H16FNO2/c1-10-4-3-9-16(10)13-6-2-5-12(15)11(13)7-8-14(17)18/h2,5-8,10H,3-4,9H2,1H3,(H,17,18)/b8-7+. The van der Waals surface area contributed by atoms with Crippen molar-refractivity contribution in [1.82, 2.24) is 0 Å². The Morgan fingerprint density at radius 1 is 1.56 bits per heavy atom. The first-order valence-electron chi connectivity index (χ1n) is 6.06. The van der Waals surface area contributed by atoms with Gasteiger partial charge in [-0.25, -0.2) is 9.18 Å². The van der Waals surface area contributed by atoms with Crippen LogP contribution < -0.4 is 4.90 Å². The van der Waals surface area contributed by atoms with E-state index >= 15 is 0 Å². The number of hydrogen-bond acceptors (Lipinski definition) is 2. The van der Waals surface area contributed by atoms with Gasteiger partial charge in [0.15, 0.2) is 0 Å². The summed E-state index contributed by atoms with van der Waals surface area (Å²) in [6.45, 7) is 2.99. The van der Waals surface area contributed by atoms with Crippen LogP contribution in [0, 0.1) is 5.82 Å². The summed E-state index contributed by atoms with van der Waals surface area (Å²) in [6, 6.07) is 5.22. The molecule has 1 aromatic rings. The van der Waals surface area contributed by atoms with Gasteiger partial charge in [-0.2, -0.15) is 0 Å². The molecule has 0 amide bonds. The largest absolute Gasteiger partial charge is 0.478 e. The van der Waals surface area contributed by atoms with Crippen molar-refractivity contribution in [3.8, 4) is 0 Å². The quantitative estimate of drug-likeness (QED) is 0.837. The van der Waals surface area contributed by atoms with Crippen molar-refractivity contribution < 1.29 is 14.3 Å². The average Bonchev–Trinajstić information content (AvgIpc) is 2.73. The number of nitrogens with zero attached hydrogens (tertiary/aromatic N) is 1. The molecule has 0 aromatic heterocycles. The third-order valence-electron chi connectivity index (χ3n) is 3.28. The van der Waals surface area contributed by atoms with Crippen LogP contribution >= 0.6 is 0 Å². The predicted octanol–water partition coefficient (Wildman–Crippen LogP) is 2.91. The lowest BCUT2D eigenvalue weighted by Gasteiger charge is -2.25. The van der Waals surface area contributed by atoms with Gasteiger partial charge in [-0.15, -0.1) is 0 Å². The van der Waals surface area contributed by atoms with Gasteiger partial charge < -0.3 is 10.0 Å². The number of hydrogen-bond donors (Lipinski definition) is 1. The van der Waals surface area contributed by atoms with E-state index in [1.165, 1.54) is 12.1 Å². The van der Waals surface area contributed by atoms with E-state index in [9.17, 15) is 9.18 Å². The van der Waals surface area contributed by atoms with Crippen LogP contribution in [0.15, 0.2) is 24.3 Å². The Balaban J connectivity index is 2.40. The molecule has 1 N–H and O–H groups in total. The zero-order valence-electron chi connectivity index (χ0n) is 10.3. The van der Waals surface area contributed by atoms with Gasteiger partial charge in [-0.1, -0.05) is 6.07 Å². The third-order valence-corrected chi connectivity index (χ3v) is 3.28. The van der Waals surface area contributed by atoms with Crippen LogP contribution in [0.4, 0.5) is 10.1 Å². The van der Waals surface area contributed by atoms with Gasteiger partial charge in [0.1, 0.15) is 5.82 Å². The molecule has 0 radical (unpaired) electrons. The molecule has 0 saturated carbocycles. The van der Waals surface area contributed by atoms with Crippen molar-refractivity contribution in [3.05, 3.63) is 35.7 Å². The fraction of sp³-hybridized carbons (Fsp3) is 0.357. The Labute approximate surface area is 106 Å². The topological polar surface area (TPSA) is 40.5 Å². The van der Waals surface area contributed by atoms with E-state index in [0.717, 1.165) is 31.1 Å². The Hall–Kier alpha value is -1.84. The van der Waals surface area contributed by atoms with E-state index in [1.807, 2.05) is 6.07 Å². The summed E-state index contributed by atoms with van der Waals surface area (Å²) >= 11 is 0. The molecule has 1 aromatic carbocycles. The molecule has 0 bridgehead atoms. The molecule has 1 aliphatic heterocycles. The highest BCUT2D eigenvalue weighted by molar-refractivity contribution is 5.87. The fourth-order valence-corrected chi connectivity index (χ4v) is 2.39. The summed E-state index contributed by atoms with van der Waals surface area (Å²) in [6.07, 6.45) is 4.47. The highest BCUT2D eigenvalue weighted by Crippen LogP contribution is 2.30. The first-order chi connectivity index (χ1) is 8.59. The van der Waals surface area contributed by atoms with Crippen LogP contribution in [-0.4, -0.2) is 23.7 Å². The molecular weight excluding hydrogens is 233 g/mol. The average molecular weight is 249 g/mol. The summed E-state index contributed by atoms with van der Waals surface area (Å²) in [5.74, 6) is -1.46. The molecule has 96 valence electrons. The molecule has 0 spiro atoms. The van der Waals surface area contributed by atoms with Gasteiger partial charge in [0.05, 0.1) is 0 Å². The number of aliphatic carboxylic acids is 1. The lowest BCUT2D eigenvalue weighted by atomic mass is 10.1. The molecule has 3 nitrogen and oxygen atoms in total. The molecule has 1 atom stereocenters. The van der Waals surface area contributed by atoms with Crippen molar-refractivity contribution in [3.63, 3.8) is 0 Å². The number of benzene rings is 1. The summed E-state index contributed by atoms with van der Waals surface area (Å²) in [7, 11) is 0. The predicted molar refractivity (Wildman–Crippen MR) is 69.1 cm³/mol. The first-order valence-corrected chi connectivity index (χ1v) is 6.06. The van der Waals surface area contributed by atoms with Gasteiger partial charge in [0, 0.05) is 29.9 Å². The lowest BCUT2D eigenvalue weighted by Crippen LogP contribution is -2.27.